The number of alkyl halides is 1. The van der Waals surface area contributed by atoms with Crippen LogP contribution < -0.4 is 11.5 Å². The molecule has 4 nitrogen and oxygen atoms in total. The topological polar surface area (TPSA) is 77.8 Å². The summed E-state index contributed by atoms with van der Waals surface area (Å²) in [6.45, 7) is -0.542. The summed E-state index contributed by atoms with van der Waals surface area (Å²) in [5, 5.41) is 0. The molecule has 2 rings (SSSR count). The summed E-state index contributed by atoms with van der Waals surface area (Å²) >= 11 is 0. The van der Waals surface area contributed by atoms with E-state index in [9.17, 15) is 8.78 Å². The molecule has 0 saturated carbocycles. The summed E-state index contributed by atoms with van der Waals surface area (Å²) in [4.78, 5) is 7.19. The molecule has 6 heteroatoms. The van der Waals surface area contributed by atoms with E-state index in [1.165, 1.54) is 24.7 Å². The van der Waals surface area contributed by atoms with Crippen LogP contribution in [0.5, 0.6) is 0 Å². The Morgan fingerprint density at radius 1 is 1.00 bits per heavy atom. The minimum Gasteiger partial charge on any atom is -0.398 e. The number of pyridine rings is 2. The molecule has 0 aliphatic heterocycles. The Morgan fingerprint density at radius 3 is 1.94 bits per heavy atom. The van der Waals surface area contributed by atoms with Gasteiger partial charge in [-0.1, -0.05) is 0 Å². The Hall–Kier alpha value is -2.24. The molecule has 2 aromatic heterocycles. The molecule has 0 atom stereocenters. The SMILES string of the molecule is Nc1ccncc1CF.Nc1ccncc1F. The van der Waals surface area contributed by atoms with E-state index in [2.05, 4.69) is 9.97 Å². The lowest BCUT2D eigenvalue weighted by molar-refractivity contribution is 0.485. The van der Waals surface area contributed by atoms with Crippen LogP contribution in [0.2, 0.25) is 0 Å². The van der Waals surface area contributed by atoms with Crippen molar-refractivity contribution < 1.29 is 8.78 Å². The number of aromatic nitrogens is 2. The van der Waals surface area contributed by atoms with E-state index < -0.39 is 12.5 Å². The predicted molar refractivity (Wildman–Crippen MR) is 62.1 cm³/mol. The highest BCUT2D eigenvalue weighted by atomic mass is 19.1. The molecule has 2 heterocycles. The van der Waals surface area contributed by atoms with Crippen LogP contribution in [0.3, 0.4) is 0 Å². The fourth-order valence-electron chi connectivity index (χ4n) is 0.936. The van der Waals surface area contributed by atoms with Crippen LogP contribution in [0, 0.1) is 5.82 Å². The van der Waals surface area contributed by atoms with Crippen LogP contribution >= 0.6 is 0 Å². The molecule has 0 unspecified atom stereocenters. The smallest absolute Gasteiger partial charge is 0.164 e. The van der Waals surface area contributed by atoms with Gasteiger partial charge < -0.3 is 11.5 Å². The van der Waals surface area contributed by atoms with E-state index in [1.807, 2.05) is 0 Å². The normalized spacial score (nSPS) is 9.29. The lowest BCUT2D eigenvalue weighted by Crippen LogP contribution is -1.91. The zero-order chi connectivity index (χ0) is 12.7. The molecule has 17 heavy (non-hydrogen) atoms. The number of nitrogen functional groups attached to an aromatic ring is 2. The molecule has 0 fully saturated rings. The third-order valence-corrected chi connectivity index (χ3v) is 1.89. The van der Waals surface area contributed by atoms with Crippen molar-refractivity contribution in [2.75, 3.05) is 11.5 Å². The summed E-state index contributed by atoms with van der Waals surface area (Å²) < 4.78 is 24.0. The van der Waals surface area contributed by atoms with Crippen molar-refractivity contribution in [2.24, 2.45) is 0 Å². The fraction of sp³-hybridized carbons (Fsp3) is 0.0909. The number of rotatable bonds is 1. The molecule has 0 bridgehead atoms. The Labute approximate surface area is 97.3 Å². The third-order valence-electron chi connectivity index (χ3n) is 1.89. The molecule has 0 aliphatic rings. The van der Waals surface area contributed by atoms with Gasteiger partial charge in [0.1, 0.15) is 6.67 Å². The molecule has 0 aliphatic carbocycles. The predicted octanol–water partition coefficient (Wildman–Crippen LogP) is 1.94. The van der Waals surface area contributed by atoms with Crippen molar-refractivity contribution in [1.82, 2.24) is 9.97 Å². The molecule has 2 aromatic rings. The first-order valence-corrected chi connectivity index (χ1v) is 4.74. The van der Waals surface area contributed by atoms with Gasteiger partial charge in [-0.05, 0) is 12.1 Å². The summed E-state index contributed by atoms with van der Waals surface area (Å²) in [6, 6.07) is 2.99. The lowest BCUT2D eigenvalue weighted by atomic mass is 10.3. The zero-order valence-electron chi connectivity index (χ0n) is 8.98. The second-order valence-corrected chi connectivity index (χ2v) is 3.11. The van der Waals surface area contributed by atoms with Crippen molar-refractivity contribution in [3.63, 3.8) is 0 Å². The standard InChI is InChI=1S/C6H7FN2.C5H5FN2/c7-3-5-4-9-2-1-6(5)8;6-4-3-8-2-1-5(4)7/h1-2,4H,3H2,(H2,8,9);1-3H,(H2,7,8). The largest absolute Gasteiger partial charge is 0.398 e. The molecule has 0 aromatic carbocycles. The maximum absolute atomic E-state index is 12.1. The average Bonchev–Trinajstić information content (AvgIpc) is 2.34. The minimum absolute atomic E-state index is 0.139. The summed E-state index contributed by atoms with van der Waals surface area (Å²) in [5.74, 6) is -0.465. The monoisotopic (exact) mass is 238 g/mol. The van der Waals surface area contributed by atoms with Gasteiger partial charge in [-0.15, -0.1) is 0 Å². The van der Waals surface area contributed by atoms with Gasteiger partial charge in [-0.3, -0.25) is 9.97 Å². The highest BCUT2D eigenvalue weighted by molar-refractivity contribution is 5.43. The summed E-state index contributed by atoms with van der Waals surface area (Å²) in [6.07, 6.45) is 5.48. The van der Waals surface area contributed by atoms with Gasteiger partial charge >= 0.3 is 0 Å². The molecular weight excluding hydrogens is 226 g/mol. The van der Waals surface area contributed by atoms with E-state index in [0.29, 0.717) is 11.3 Å². The van der Waals surface area contributed by atoms with Crippen LogP contribution in [-0.4, -0.2) is 9.97 Å². The van der Waals surface area contributed by atoms with Gasteiger partial charge in [0.2, 0.25) is 0 Å². The molecule has 0 radical (unpaired) electrons. The number of hydrogen-bond donors (Lipinski definition) is 2. The first-order chi connectivity index (χ1) is 8.15. The maximum Gasteiger partial charge on any atom is 0.164 e. The number of hydrogen-bond acceptors (Lipinski definition) is 4. The van der Waals surface area contributed by atoms with Gasteiger partial charge in [0.25, 0.3) is 0 Å². The Morgan fingerprint density at radius 2 is 1.59 bits per heavy atom. The minimum atomic E-state index is -0.542. The maximum atomic E-state index is 12.1. The molecular formula is C11H12F2N4. The van der Waals surface area contributed by atoms with Crippen molar-refractivity contribution in [3.05, 3.63) is 48.3 Å². The van der Waals surface area contributed by atoms with E-state index in [-0.39, 0.29) is 5.69 Å². The van der Waals surface area contributed by atoms with Gasteiger partial charge in [0.05, 0.1) is 11.9 Å². The first-order valence-electron chi connectivity index (χ1n) is 4.74. The van der Waals surface area contributed by atoms with Gasteiger partial charge in [0.15, 0.2) is 5.82 Å². The van der Waals surface area contributed by atoms with Crippen LogP contribution in [0.1, 0.15) is 5.56 Å². The second-order valence-electron chi connectivity index (χ2n) is 3.11. The van der Waals surface area contributed by atoms with E-state index in [1.54, 1.807) is 6.07 Å². The Bertz CT molecular complexity index is 456. The van der Waals surface area contributed by atoms with Crippen molar-refractivity contribution in [1.29, 1.82) is 0 Å². The number of anilines is 2. The van der Waals surface area contributed by atoms with Crippen LogP contribution in [0.25, 0.3) is 0 Å². The lowest BCUT2D eigenvalue weighted by Gasteiger charge is -1.95. The van der Waals surface area contributed by atoms with Crippen molar-refractivity contribution >= 4 is 11.4 Å². The number of nitrogens with zero attached hydrogens (tertiary/aromatic N) is 2. The first kappa shape index (κ1) is 12.8. The fourth-order valence-corrected chi connectivity index (χ4v) is 0.936. The molecule has 90 valence electrons. The van der Waals surface area contributed by atoms with Crippen LogP contribution in [0.15, 0.2) is 36.9 Å². The molecule has 0 spiro atoms. The highest BCUT2D eigenvalue weighted by Gasteiger charge is 1.94. The molecule has 4 N–H and O–H groups in total. The van der Waals surface area contributed by atoms with Crippen LogP contribution in [0.4, 0.5) is 20.2 Å². The van der Waals surface area contributed by atoms with Crippen molar-refractivity contribution in [3.8, 4) is 0 Å². The van der Waals surface area contributed by atoms with Gasteiger partial charge in [0, 0.05) is 29.8 Å². The second kappa shape index (κ2) is 6.37. The highest BCUT2D eigenvalue weighted by Crippen LogP contribution is 2.08. The Kier molecular flexibility index (Phi) is 4.80. The van der Waals surface area contributed by atoms with Crippen molar-refractivity contribution in [2.45, 2.75) is 6.67 Å². The number of halogens is 2. The summed E-state index contributed by atoms with van der Waals surface area (Å²) in [5.41, 5.74) is 11.5. The molecule has 0 saturated heterocycles. The molecule has 0 amide bonds. The Balaban J connectivity index is 0.000000171. The zero-order valence-corrected chi connectivity index (χ0v) is 8.98. The van der Waals surface area contributed by atoms with Crippen LogP contribution in [-0.2, 0) is 6.67 Å². The quantitative estimate of drug-likeness (QED) is 0.795. The average molecular weight is 238 g/mol. The van der Waals surface area contributed by atoms with Gasteiger partial charge in [-0.2, -0.15) is 0 Å². The number of nitrogens with two attached hydrogens (primary N) is 2. The van der Waals surface area contributed by atoms with E-state index >= 15 is 0 Å². The third kappa shape index (κ3) is 4.02. The summed E-state index contributed by atoms with van der Waals surface area (Å²) in [7, 11) is 0. The van der Waals surface area contributed by atoms with E-state index in [0.717, 1.165) is 6.20 Å². The van der Waals surface area contributed by atoms with E-state index in [4.69, 9.17) is 11.5 Å². The van der Waals surface area contributed by atoms with Gasteiger partial charge in [-0.25, -0.2) is 8.78 Å².